The first-order valence-electron chi connectivity index (χ1n) is 2.80. The van der Waals surface area contributed by atoms with E-state index in [-0.39, 0.29) is 0 Å². The number of hydrogen-bond donors (Lipinski definition) is 1. The second-order valence-electron chi connectivity index (χ2n) is 1.90. The number of benzene rings is 1. The third-order valence-electron chi connectivity index (χ3n) is 1.18. The zero-order chi connectivity index (χ0) is 8.43. The van der Waals surface area contributed by atoms with Gasteiger partial charge in [-0.3, -0.25) is 0 Å². The van der Waals surface area contributed by atoms with Crippen LogP contribution in [0.4, 0.5) is 0 Å². The van der Waals surface area contributed by atoms with Crippen LogP contribution in [0.1, 0.15) is 10.4 Å². The standard InChI is InChI=1S/C7H4I2O2/c8-4-2-1-3-5(9)6(4)7(10)11/h1-3H,(H,10,11). The van der Waals surface area contributed by atoms with Crippen LogP contribution in [-0.4, -0.2) is 11.1 Å². The lowest BCUT2D eigenvalue weighted by molar-refractivity contribution is 0.0694. The average Bonchev–Trinajstić information content (AvgIpc) is 1.85. The van der Waals surface area contributed by atoms with Crippen molar-refractivity contribution in [2.45, 2.75) is 0 Å². The van der Waals surface area contributed by atoms with Gasteiger partial charge in [-0.2, -0.15) is 0 Å². The van der Waals surface area contributed by atoms with E-state index in [0.717, 1.165) is 7.14 Å². The van der Waals surface area contributed by atoms with E-state index >= 15 is 0 Å². The molecule has 0 amide bonds. The van der Waals surface area contributed by atoms with Gasteiger partial charge in [0.25, 0.3) is 0 Å². The van der Waals surface area contributed by atoms with E-state index in [1.807, 2.05) is 51.2 Å². The van der Waals surface area contributed by atoms with Crippen molar-refractivity contribution in [1.82, 2.24) is 0 Å². The molecule has 0 spiro atoms. The Labute approximate surface area is 91.3 Å². The molecule has 0 aliphatic heterocycles. The van der Waals surface area contributed by atoms with Crippen LogP contribution in [0.5, 0.6) is 0 Å². The summed E-state index contributed by atoms with van der Waals surface area (Å²) in [5.74, 6) is -0.862. The van der Waals surface area contributed by atoms with Gasteiger partial charge in [-0.25, -0.2) is 4.79 Å². The average molecular weight is 374 g/mol. The van der Waals surface area contributed by atoms with E-state index in [1.54, 1.807) is 12.1 Å². The van der Waals surface area contributed by atoms with Crippen molar-refractivity contribution in [3.05, 3.63) is 30.9 Å². The van der Waals surface area contributed by atoms with Gasteiger partial charge in [-0.1, -0.05) is 6.07 Å². The molecule has 1 aromatic carbocycles. The number of rotatable bonds is 1. The monoisotopic (exact) mass is 374 g/mol. The normalized spacial score (nSPS) is 9.64. The molecule has 0 saturated carbocycles. The number of carboxylic acid groups (broad SMARTS) is 1. The maximum Gasteiger partial charge on any atom is 0.337 e. The first kappa shape index (κ1) is 9.24. The van der Waals surface area contributed by atoms with E-state index in [9.17, 15) is 4.79 Å². The van der Waals surface area contributed by atoms with Crippen molar-refractivity contribution in [2.24, 2.45) is 0 Å². The van der Waals surface area contributed by atoms with E-state index < -0.39 is 5.97 Å². The summed E-state index contributed by atoms with van der Waals surface area (Å²) < 4.78 is 1.56. The number of hydrogen-bond acceptors (Lipinski definition) is 1. The molecule has 0 aliphatic carbocycles. The molecule has 4 heteroatoms. The molecule has 1 N–H and O–H groups in total. The second kappa shape index (κ2) is 3.70. The van der Waals surface area contributed by atoms with Crippen molar-refractivity contribution in [3.63, 3.8) is 0 Å². The molecule has 2 nitrogen and oxygen atoms in total. The van der Waals surface area contributed by atoms with Gasteiger partial charge >= 0.3 is 5.97 Å². The predicted octanol–water partition coefficient (Wildman–Crippen LogP) is 2.59. The second-order valence-corrected chi connectivity index (χ2v) is 4.23. The van der Waals surface area contributed by atoms with Crippen LogP contribution in [-0.2, 0) is 0 Å². The third kappa shape index (κ3) is 2.05. The Balaban J connectivity index is 3.32. The van der Waals surface area contributed by atoms with Crippen LogP contribution in [0.25, 0.3) is 0 Å². The molecule has 1 aromatic rings. The van der Waals surface area contributed by atoms with Crippen LogP contribution in [0.2, 0.25) is 0 Å². The Morgan fingerprint density at radius 3 is 2.00 bits per heavy atom. The van der Waals surface area contributed by atoms with Crippen molar-refractivity contribution in [1.29, 1.82) is 0 Å². The van der Waals surface area contributed by atoms with Crippen LogP contribution in [0.3, 0.4) is 0 Å². The summed E-state index contributed by atoms with van der Waals surface area (Å²) in [5, 5.41) is 8.74. The Morgan fingerprint density at radius 2 is 1.73 bits per heavy atom. The number of carboxylic acids is 1. The summed E-state index contributed by atoms with van der Waals surface area (Å²) in [4.78, 5) is 10.6. The molecule has 0 atom stereocenters. The fourth-order valence-electron chi connectivity index (χ4n) is 0.702. The Hall–Kier alpha value is 0.150. The molecular formula is C7H4I2O2. The lowest BCUT2D eigenvalue weighted by Gasteiger charge is -1.99. The molecule has 0 saturated heterocycles. The maximum atomic E-state index is 10.6. The van der Waals surface area contributed by atoms with Crippen LogP contribution < -0.4 is 0 Å². The summed E-state index contributed by atoms with van der Waals surface area (Å²) in [6.45, 7) is 0. The highest BCUT2D eigenvalue weighted by atomic mass is 127. The molecule has 0 heterocycles. The molecule has 0 radical (unpaired) electrons. The van der Waals surface area contributed by atoms with E-state index in [1.165, 1.54) is 0 Å². The third-order valence-corrected chi connectivity index (χ3v) is 2.97. The number of carbonyl (C=O) groups is 1. The van der Waals surface area contributed by atoms with Gasteiger partial charge in [0, 0.05) is 7.14 Å². The topological polar surface area (TPSA) is 37.3 Å². The highest BCUT2D eigenvalue weighted by Crippen LogP contribution is 2.18. The van der Waals surface area contributed by atoms with Gasteiger partial charge in [0.05, 0.1) is 5.56 Å². The fraction of sp³-hybridized carbons (Fsp3) is 0. The minimum Gasteiger partial charge on any atom is -0.478 e. The Morgan fingerprint density at radius 1 is 1.27 bits per heavy atom. The van der Waals surface area contributed by atoms with Crippen molar-refractivity contribution < 1.29 is 9.90 Å². The minimum atomic E-state index is -0.862. The summed E-state index contributed by atoms with van der Waals surface area (Å²) in [6.07, 6.45) is 0. The highest BCUT2D eigenvalue weighted by molar-refractivity contribution is 14.1. The van der Waals surface area contributed by atoms with Crippen LogP contribution >= 0.6 is 45.2 Å². The van der Waals surface area contributed by atoms with Gasteiger partial charge < -0.3 is 5.11 Å². The van der Waals surface area contributed by atoms with E-state index in [0.29, 0.717) is 5.56 Å². The van der Waals surface area contributed by atoms with Crippen LogP contribution in [0.15, 0.2) is 18.2 Å². The largest absolute Gasteiger partial charge is 0.478 e. The van der Waals surface area contributed by atoms with Gasteiger partial charge in [-0.05, 0) is 57.3 Å². The summed E-state index contributed by atoms with van der Waals surface area (Å²) in [7, 11) is 0. The fourth-order valence-corrected chi connectivity index (χ4v) is 2.68. The molecule has 1 rings (SSSR count). The van der Waals surface area contributed by atoms with Crippen LogP contribution in [0, 0.1) is 7.14 Å². The molecule has 0 aliphatic rings. The maximum absolute atomic E-state index is 10.6. The van der Waals surface area contributed by atoms with Gasteiger partial charge in [0.2, 0.25) is 0 Å². The van der Waals surface area contributed by atoms with Gasteiger partial charge in [0.15, 0.2) is 0 Å². The zero-order valence-electron chi connectivity index (χ0n) is 5.34. The minimum absolute atomic E-state index is 0.397. The summed E-state index contributed by atoms with van der Waals surface area (Å²) in [6, 6.07) is 5.41. The lowest BCUT2D eigenvalue weighted by Crippen LogP contribution is -2.02. The summed E-state index contributed by atoms with van der Waals surface area (Å²) >= 11 is 4.03. The molecule has 0 aromatic heterocycles. The zero-order valence-corrected chi connectivity index (χ0v) is 9.66. The smallest absolute Gasteiger partial charge is 0.337 e. The number of aromatic carboxylic acids is 1. The SMILES string of the molecule is O=C(O)c1c(I)cccc1I. The Kier molecular flexibility index (Phi) is 3.11. The first-order chi connectivity index (χ1) is 5.13. The quantitative estimate of drug-likeness (QED) is 0.768. The van der Waals surface area contributed by atoms with Gasteiger partial charge in [0.1, 0.15) is 0 Å². The highest BCUT2D eigenvalue weighted by Gasteiger charge is 2.10. The molecule has 0 fully saturated rings. The van der Waals surface area contributed by atoms with Crippen molar-refractivity contribution in [3.8, 4) is 0 Å². The lowest BCUT2D eigenvalue weighted by atomic mass is 10.2. The molecule has 11 heavy (non-hydrogen) atoms. The predicted molar refractivity (Wildman–Crippen MR) is 58.8 cm³/mol. The van der Waals surface area contributed by atoms with Crippen molar-refractivity contribution in [2.75, 3.05) is 0 Å². The Bertz CT molecular complexity index is 276. The number of halogens is 2. The molecule has 58 valence electrons. The van der Waals surface area contributed by atoms with Gasteiger partial charge in [-0.15, -0.1) is 0 Å². The van der Waals surface area contributed by atoms with Crippen molar-refractivity contribution >= 4 is 51.2 Å². The molecular weight excluding hydrogens is 370 g/mol. The van der Waals surface area contributed by atoms with E-state index in [4.69, 9.17) is 5.11 Å². The first-order valence-corrected chi connectivity index (χ1v) is 4.96. The molecule has 0 bridgehead atoms. The summed E-state index contributed by atoms with van der Waals surface area (Å²) in [5.41, 5.74) is 0.397. The van der Waals surface area contributed by atoms with E-state index in [2.05, 4.69) is 0 Å². The molecule has 0 unspecified atom stereocenters.